The summed E-state index contributed by atoms with van der Waals surface area (Å²) in [5.74, 6) is 0.784. The van der Waals surface area contributed by atoms with Crippen molar-refractivity contribution in [1.29, 1.82) is 0 Å². The van der Waals surface area contributed by atoms with Gasteiger partial charge in [0.2, 0.25) is 0 Å². The van der Waals surface area contributed by atoms with E-state index in [0.29, 0.717) is 18.2 Å². The van der Waals surface area contributed by atoms with Gasteiger partial charge in [0, 0.05) is 35.9 Å². The molecule has 148 valence electrons. The molecule has 0 saturated heterocycles. The van der Waals surface area contributed by atoms with Gasteiger partial charge in [0.15, 0.2) is 0 Å². The van der Waals surface area contributed by atoms with Crippen molar-refractivity contribution < 1.29 is 4.79 Å². The molecule has 0 aliphatic heterocycles. The van der Waals surface area contributed by atoms with Crippen LogP contribution in [0.2, 0.25) is 0 Å². The second kappa shape index (κ2) is 7.91. The standard InChI is InChI=1S/C24H21N5O/c30-24(17-8-10-25-11-9-17)26-14-16-2-1-3-18(12-16)19-4-7-22-21(13-19)23(28-15-27-22)29-20-5-6-20/h1-4,7-13,15,20H,5-6,14H2,(H,26,30)(H,27,28,29). The Bertz CT molecular complexity index is 1200. The van der Waals surface area contributed by atoms with Crippen molar-refractivity contribution in [2.24, 2.45) is 0 Å². The van der Waals surface area contributed by atoms with Gasteiger partial charge in [-0.2, -0.15) is 0 Å². The molecular formula is C24H21N5O. The second-order valence-electron chi connectivity index (χ2n) is 7.49. The largest absolute Gasteiger partial charge is 0.367 e. The Balaban J connectivity index is 1.38. The van der Waals surface area contributed by atoms with Crippen LogP contribution >= 0.6 is 0 Å². The lowest BCUT2D eigenvalue weighted by Gasteiger charge is -2.10. The number of fused-ring (bicyclic) bond motifs is 1. The number of nitrogens with one attached hydrogen (secondary N) is 2. The highest BCUT2D eigenvalue weighted by molar-refractivity contribution is 5.94. The Morgan fingerprint density at radius 2 is 1.80 bits per heavy atom. The molecule has 4 aromatic rings. The van der Waals surface area contributed by atoms with E-state index in [1.165, 1.54) is 12.8 Å². The number of pyridine rings is 1. The predicted molar refractivity (Wildman–Crippen MR) is 117 cm³/mol. The number of hydrogen-bond donors (Lipinski definition) is 2. The molecule has 2 aromatic carbocycles. The van der Waals surface area contributed by atoms with Crippen LogP contribution in [-0.4, -0.2) is 26.9 Å². The highest BCUT2D eigenvalue weighted by Gasteiger charge is 2.22. The van der Waals surface area contributed by atoms with Crippen LogP contribution in [0.25, 0.3) is 22.0 Å². The van der Waals surface area contributed by atoms with E-state index in [0.717, 1.165) is 33.4 Å². The summed E-state index contributed by atoms with van der Waals surface area (Å²) in [4.78, 5) is 25.1. The van der Waals surface area contributed by atoms with Crippen LogP contribution in [0.3, 0.4) is 0 Å². The number of benzene rings is 2. The molecule has 30 heavy (non-hydrogen) atoms. The summed E-state index contributed by atoms with van der Waals surface area (Å²) in [6.07, 6.45) is 7.23. The molecule has 0 unspecified atom stereocenters. The molecule has 1 aliphatic rings. The predicted octanol–water partition coefficient (Wildman–Crippen LogP) is 4.20. The van der Waals surface area contributed by atoms with Crippen LogP contribution in [0.1, 0.15) is 28.8 Å². The quantitative estimate of drug-likeness (QED) is 0.512. The van der Waals surface area contributed by atoms with Crippen LogP contribution in [0.5, 0.6) is 0 Å². The van der Waals surface area contributed by atoms with Gasteiger partial charge in [-0.05, 0) is 59.9 Å². The fourth-order valence-corrected chi connectivity index (χ4v) is 3.42. The first-order valence-electron chi connectivity index (χ1n) is 10.0. The molecule has 2 heterocycles. The average Bonchev–Trinajstić information content (AvgIpc) is 3.62. The SMILES string of the molecule is O=C(NCc1cccc(-c2ccc3ncnc(NC4CC4)c3c2)c1)c1ccncc1. The number of anilines is 1. The van der Waals surface area contributed by atoms with Gasteiger partial charge < -0.3 is 10.6 Å². The van der Waals surface area contributed by atoms with Crippen LogP contribution in [0, 0.1) is 0 Å². The van der Waals surface area contributed by atoms with Gasteiger partial charge in [-0.15, -0.1) is 0 Å². The fourth-order valence-electron chi connectivity index (χ4n) is 3.42. The Morgan fingerprint density at radius 3 is 2.63 bits per heavy atom. The number of carbonyl (C=O) groups is 1. The van der Waals surface area contributed by atoms with Crippen molar-refractivity contribution in [3.05, 3.63) is 84.4 Å². The van der Waals surface area contributed by atoms with Gasteiger partial charge in [0.1, 0.15) is 12.1 Å². The lowest BCUT2D eigenvalue weighted by atomic mass is 10.0. The number of amides is 1. The number of carbonyl (C=O) groups excluding carboxylic acids is 1. The summed E-state index contributed by atoms with van der Waals surface area (Å²) in [6, 6.07) is 18.4. The molecule has 0 spiro atoms. The van der Waals surface area contributed by atoms with Crippen LogP contribution in [0.4, 0.5) is 5.82 Å². The van der Waals surface area contributed by atoms with Crippen LogP contribution in [0.15, 0.2) is 73.3 Å². The third-order valence-electron chi connectivity index (χ3n) is 5.21. The van der Waals surface area contributed by atoms with Crippen LogP contribution < -0.4 is 10.6 Å². The first-order valence-corrected chi connectivity index (χ1v) is 10.0. The number of nitrogens with zero attached hydrogens (tertiary/aromatic N) is 3. The molecule has 0 bridgehead atoms. The molecule has 1 fully saturated rings. The van der Waals surface area contributed by atoms with Gasteiger partial charge in [-0.25, -0.2) is 9.97 Å². The van der Waals surface area contributed by atoms with E-state index in [-0.39, 0.29) is 5.91 Å². The number of aromatic nitrogens is 3. The lowest BCUT2D eigenvalue weighted by molar-refractivity contribution is 0.0951. The van der Waals surface area contributed by atoms with E-state index in [1.54, 1.807) is 30.9 Å². The molecule has 0 atom stereocenters. The molecule has 0 radical (unpaired) electrons. The maximum absolute atomic E-state index is 12.3. The van der Waals surface area contributed by atoms with Crippen molar-refractivity contribution in [2.75, 3.05) is 5.32 Å². The molecule has 1 aliphatic carbocycles. The minimum atomic E-state index is -0.110. The van der Waals surface area contributed by atoms with E-state index in [4.69, 9.17) is 0 Å². The number of rotatable bonds is 6. The Morgan fingerprint density at radius 1 is 0.967 bits per heavy atom. The van der Waals surface area contributed by atoms with E-state index in [1.807, 2.05) is 18.2 Å². The molecular weight excluding hydrogens is 374 g/mol. The summed E-state index contributed by atoms with van der Waals surface area (Å²) < 4.78 is 0. The van der Waals surface area contributed by atoms with Crippen molar-refractivity contribution >= 4 is 22.6 Å². The minimum Gasteiger partial charge on any atom is -0.367 e. The van der Waals surface area contributed by atoms with E-state index >= 15 is 0 Å². The van der Waals surface area contributed by atoms with Gasteiger partial charge in [-0.1, -0.05) is 24.3 Å². The zero-order valence-corrected chi connectivity index (χ0v) is 16.4. The van der Waals surface area contributed by atoms with Crippen molar-refractivity contribution in [1.82, 2.24) is 20.3 Å². The van der Waals surface area contributed by atoms with E-state index < -0.39 is 0 Å². The van der Waals surface area contributed by atoms with Gasteiger partial charge in [0.25, 0.3) is 5.91 Å². The maximum Gasteiger partial charge on any atom is 0.251 e. The molecule has 1 amide bonds. The summed E-state index contributed by atoms with van der Waals surface area (Å²) >= 11 is 0. The van der Waals surface area contributed by atoms with E-state index in [9.17, 15) is 4.79 Å². The maximum atomic E-state index is 12.3. The summed E-state index contributed by atoms with van der Waals surface area (Å²) in [5.41, 5.74) is 4.76. The average molecular weight is 395 g/mol. The monoisotopic (exact) mass is 395 g/mol. The zero-order chi connectivity index (χ0) is 20.3. The molecule has 1 saturated carbocycles. The number of hydrogen-bond acceptors (Lipinski definition) is 5. The zero-order valence-electron chi connectivity index (χ0n) is 16.4. The molecule has 5 rings (SSSR count). The lowest BCUT2D eigenvalue weighted by Crippen LogP contribution is -2.22. The van der Waals surface area contributed by atoms with Crippen molar-refractivity contribution in [2.45, 2.75) is 25.4 Å². The highest BCUT2D eigenvalue weighted by Crippen LogP contribution is 2.30. The smallest absolute Gasteiger partial charge is 0.251 e. The van der Waals surface area contributed by atoms with Crippen LogP contribution in [-0.2, 0) is 6.54 Å². The minimum absolute atomic E-state index is 0.110. The van der Waals surface area contributed by atoms with Crippen molar-refractivity contribution in [3.8, 4) is 11.1 Å². The fraction of sp³-hybridized carbons (Fsp3) is 0.167. The van der Waals surface area contributed by atoms with Crippen molar-refractivity contribution in [3.63, 3.8) is 0 Å². The van der Waals surface area contributed by atoms with Gasteiger partial charge in [0.05, 0.1) is 5.52 Å². The summed E-state index contributed by atoms with van der Waals surface area (Å²) in [5, 5.41) is 7.48. The molecule has 2 N–H and O–H groups in total. The first kappa shape index (κ1) is 18.2. The van der Waals surface area contributed by atoms with Gasteiger partial charge >= 0.3 is 0 Å². The second-order valence-corrected chi connectivity index (χ2v) is 7.49. The third-order valence-corrected chi connectivity index (χ3v) is 5.21. The summed E-state index contributed by atoms with van der Waals surface area (Å²) in [6.45, 7) is 0.459. The first-order chi connectivity index (χ1) is 14.8. The van der Waals surface area contributed by atoms with E-state index in [2.05, 4.69) is 49.9 Å². The topological polar surface area (TPSA) is 79.8 Å². The highest BCUT2D eigenvalue weighted by atomic mass is 16.1. The molecule has 6 heteroatoms. The summed E-state index contributed by atoms with van der Waals surface area (Å²) in [7, 11) is 0. The third kappa shape index (κ3) is 3.98. The van der Waals surface area contributed by atoms with Gasteiger partial charge in [-0.3, -0.25) is 9.78 Å². The normalized spacial score (nSPS) is 13.2. The molecule has 2 aromatic heterocycles. The Hall–Kier alpha value is -3.80. The Labute approximate surface area is 174 Å². The molecule has 6 nitrogen and oxygen atoms in total. The Kier molecular flexibility index (Phi) is 4.81.